The van der Waals surface area contributed by atoms with Crippen LogP contribution < -0.4 is 0 Å². The van der Waals surface area contributed by atoms with Crippen LogP contribution in [-0.4, -0.2) is 22.4 Å². The number of carbonyl (C=O) groups is 1. The molecule has 0 saturated carbocycles. The predicted octanol–water partition coefficient (Wildman–Crippen LogP) is 3.00. The van der Waals surface area contributed by atoms with Gasteiger partial charge >= 0.3 is 0 Å². The van der Waals surface area contributed by atoms with Gasteiger partial charge in [-0.2, -0.15) is 4.89 Å². The van der Waals surface area contributed by atoms with Gasteiger partial charge in [-0.1, -0.05) is 0 Å². The highest BCUT2D eigenvalue weighted by atomic mass is 17.1. The largest absolute Gasteiger partial charge is 0.335 e. The maximum absolute atomic E-state index is 12.1. The molecule has 18 heavy (non-hydrogen) atoms. The van der Waals surface area contributed by atoms with Gasteiger partial charge in [0.1, 0.15) is 0 Å². The van der Waals surface area contributed by atoms with E-state index in [2.05, 4.69) is 0 Å². The first-order valence-electron chi connectivity index (χ1n) is 6.21. The fraction of sp³-hybridized carbons (Fsp3) is 0.643. The minimum absolute atomic E-state index is 0.0125. The molecule has 1 heterocycles. The highest BCUT2D eigenvalue weighted by Crippen LogP contribution is 2.48. The van der Waals surface area contributed by atoms with Crippen LogP contribution in [0.2, 0.25) is 0 Å². The normalized spacial score (nSPS) is 31.8. The smallest absolute Gasteiger partial charge is 0.247 e. The van der Waals surface area contributed by atoms with Crippen molar-refractivity contribution in [2.24, 2.45) is 0 Å². The van der Waals surface area contributed by atoms with Crippen LogP contribution in [0, 0.1) is 0 Å². The van der Waals surface area contributed by atoms with Gasteiger partial charge in [0.25, 0.3) is 0 Å². The number of allylic oxidation sites excluding steroid dienone is 2. The summed E-state index contributed by atoms with van der Waals surface area (Å²) in [6.45, 7) is 9.20. The summed E-state index contributed by atoms with van der Waals surface area (Å²) in [6.07, 6.45) is 1.49. The highest BCUT2D eigenvalue weighted by Gasteiger charge is 2.52. The molecule has 2 aliphatic rings. The molecule has 0 amide bonds. The monoisotopic (exact) mass is 252 g/mol. The molecule has 1 atom stereocenters. The number of rotatable bonds is 1. The molecular weight excluding hydrogens is 232 g/mol. The Bertz CT molecular complexity index is 470. The van der Waals surface area contributed by atoms with Crippen LogP contribution in [0.25, 0.3) is 0 Å². The summed E-state index contributed by atoms with van der Waals surface area (Å²) in [5, 5.41) is 9.40. The summed E-state index contributed by atoms with van der Waals surface area (Å²) < 4.78 is 5.98. The molecule has 1 N–H and O–H groups in total. The van der Waals surface area contributed by atoms with Crippen molar-refractivity contribution >= 4 is 5.78 Å². The van der Waals surface area contributed by atoms with Crippen molar-refractivity contribution in [3.63, 3.8) is 0 Å². The molecule has 1 saturated heterocycles. The lowest BCUT2D eigenvalue weighted by Crippen LogP contribution is -2.52. The number of hydrogen-bond acceptors (Lipinski definition) is 4. The average Bonchev–Trinajstić information content (AvgIpc) is 2.32. The highest BCUT2D eigenvalue weighted by molar-refractivity contribution is 6.10. The summed E-state index contributed by atoms with van der Waals surface area (Å²) in [6, 6.07) is 0. The minimum Gasteiger partial charge on any atom is -0.335 e. The molecule has 1 unspecified atom stereocenters. The Morgan fingerprint density at radius 1 is 1.22 bits per heavy atom. The number of ketones is 1. The van der Waals surface area contributed by atoms with Crippen LogP contribution in [0.1, 0.15) is 47.5 Å². The first kappa shape index (κ1) is 13.5. The van der Waals surface area contributed by atoms with E-state index in [4.69, 9.17) is 9.62 Å². The molecule has 0 radical (unpaired) electrons. The van der Waals surface area contributed by atoms with Crippen molar-refractivity contribution in [2.45, 2.75) is 58.8 Å². The predicted molar refractivity (Wildman–Crippen MR) is 66.9 cm³/mol. The number of ether oxygens (including phenoxy) is 1. The number of Topliss-reactive ketones (excluding diaryl/α,β-unsaturated/α-hetero) is 1. The van der Waals surface area contributed by atoms with E-state index in [1.165, 1.54) is 0 Å². The third kappa shape index (κ3) is 1.67. The van der Waals surface area contributed by atoms with E-state index < -0.39 is 11.4 Å². The molecule has 1 fully saturated rings. The summed E-state index contributed by atoms with van der Waals surface area (Å²) >= 11 is 0. The van der Waals surface area contributed by atoms with E-state index in [0.29, 0.717) is 23.1 Å². The second-order valence-electron chi connectivity index (χ2n) is 5.75. The zero-order chi connectivity index (χ0) is 13.7. The fourth-order valence-corrected chi connectivity index (χ4v) is 2.81. The summed E-state index contributed by atoms with van der Waals surface area (Å²) in [4.78, 5) is 16.8. The van der Waals surface area contributed by atoms with E-state index in [9.17, 15) is 10.1 Å². The third-order valence-corrected chi connectivity index (χ3v) is 4.11. The standard InChI is InChI=1S/C14H20O4/c1-8-10(3)14(18-16)11(9(2)12(8)15)6-7-13(4,5)17-14/h16H,6-7H2,1-5H3. The van der Waals surface area contributed by atoms with E-state index in [-0.39, 0.29) is 5.78 Å². The number of hydrogen-bond donors (Lipinski definition) is 1. The Morgan fingerprint density at radius 3 is 2.39 bits per heavy atom. The molecular formula is C14H20O4. The van der Waals surface area contributed by atoms with Crippen molar-refractivity contribution in [1.29, 1.82) is 0 Å². The molecule has 100 valence electrons. The second-order valence-corrected chi connectivity index (χ2v) is 5.75. The molecule has 1 aliphatic heterocycles. The molecule has 2 rings (SSSR count). The summed E-state index contributed by atoms with van der Waals surface area (Å²) in [5.74, 6) is -1.26. The van der Waals surface area contributed by atoms with Crippen molar-refractivity contribution < 1.29 is 19.7 Å². The Morgan fingerprint density at radius 2 is 1.83 bits per heavy atom. The first-order chi connectivity index (χ1) is 8.25. The van der Waals surface area contributed by atoms with Crippen molar-refractivity contribution in [2.75, 3.05) is 0 Å². The quantitative estimate of drug-likeness (QED) is 0.575. The minimum atomic E-state index is -1.27. The van der Waals surface area contributed by atoms with Gasteiger partial charge in [0, 0.05) is 16.7 Å². The molecule has 4 nitrogen and oxygen atoms in total. The van der Waals surface area contributed by atoms with Crippen molar-refractivity contribution in [1.82, 2.24) is 0 Å². The lowest BCUT2D eigenvalue weighted by atomic mass is 9.76. The van der Waals surface area contributed by atoms with E-state index in [0.717, 1.165) is 12.0 Å². The van der Waals surface area contributed by atoms with Crippen LogP contribution in [-0.2, 0) is 14.4 Å². The van der Waals surface area contributed by atoms with Gasteiger partial charge in [0.05, 0.1) is 5.60 Å². The van der Waals surface area contributed by atoms with Gasteiger partial charge < -0.3 is 4.74 Å². The first-order valence-corrected chi connectivity index (χ1v) is 6.21. The summed E-state index contributed by atoms with van der Waals surface area (Å²) in [5.41, 5.74) is 2.21. The number of fused-ring (bicyclic) bond motifs is 1. The van der Waals surface area contributed by atoms with Crippen LogP contribution in [0.4, 0.5) is 0 Å². The Hall–Kier alpha value is -0.970. The lowest BCUT2D eigenvalue weighted by Gasteiger charge is -2.47. The molecule has 0 spiro atoms. The van der Waals surface area contributed by atoms with Crippen LogP contribution >= 0.6 is 0 Å². The molecule has 1 aliphatic carbocycles. The maximum Gasteiger partial charge on any atom is 0.247 e. The topological polar surface area (TPSA) is 55.8 Å². The van der Waals surface area contributed by atoms with Crippen LogP contribution in [0.15, 0.2) is 22.3 Å². The second kappa shape index (κ2) is 4.02. The Kier molecular flexibility index (Phi) is 3.00. The van der Waals surface area contributed by atoms with Crippen molar-refractivity contribution in [3.05, 3.63) is 22.3 Å². The Labute approximate surface area is 107 Å². The number of carbonyl (C=O) groups excluding carboxylic acids is 1. The van der Waals surface area contributed by atoms with Gasteiger partial charge in [-0.05, 0) is 53.0 Å². The van der Waals surface area contributed by atoms with E-state index >= 15 is 0 Å². The molecule has 4 heteroatoms. The van der Waals surface area contributed by atoms with Crippen LogP contribution in [0.5, 0.6) is 0 Å². The van der Waals surface area contributed by atoms with Gasteiger partial charge in [-0.15, -0.1) is 0 Å². The summed E-state index contributed by atoms with van der Waals surface area (Å²) in [7, 11) is 0. The fourth-order valence-electron chi connectivity index (χ4n) is 2.81. The van der Waals surface area contributed by atoms with Gasteiger partial charge in [0.15, 0.2) is 5.78 Å². The van der Waals surface area contributed by atoms with Gasteiger partial charge in [0.2, 0.25) is 5.79 Å². The van der Waals surface area contributed by atoms with E-state index in [1.807, 2.05) is 13.8 Å². The maximum atomic E-state index is 12.1. The van der Waals surface area contributed by atoms with E-state index in [1.54, 1.807) is 20.8 Å². The third-order valence-electron chi connectivity index (χ3n) is 4.11. The Balaban J connectivity index is 2.63. The lowest BCUT2D eigenvalue weighted by molar-refractivity contribution is -0.399. The molecule has 0 aromatic heterocycles. The SMILES string of the molecule is CC1=C(C)C2(OO)OC(C)(C)CCC2=C(C)C1=O. The average molecular weight is 252 g/mol. The van der Waals surface area contributed by atoms with Gasteiger partial charge in [-0.3, -0.25) is 4.79 Å². The zero-order valence-electron chi connectivity index (χ0n) is 11.6. The van der Waals surface area contributed by atoms with Gasteiger partial charge in [-0.25, -0.2) is 5.26 Å². The van der Waals surface area contributed by atoms with Crippen molar-refractivity contribution in [3.8, 4) is 0 Å². The zero-order valence-corrected chi connectivity index (χ0v) is 11.6. The molecule has 0 aromatic rings. The van der Waals surface area contributed by atoms with Crippen LogP contribution in [0.3, 0.4) is 0 Å². The molecule has 0 aromatic carbocycles. The molecule has 0 bridgehead atoms.